The summed E-state index contributed by atoms with van der Waals surface area (Å²) in [5.74, 6) is 0.674. The summed E-state index contributed by atoms with van der Waals surface area (Å²) in [6, 6.07) is 11.1. The molecule has 0 saturated heterocycles. The molecule has 0 fully saturated rings. The van der Waals surface area contributed by atoms with Crippen molar-refractivity contribution in [2.24, 2.45) is 0 Å². The van der Waals surface area contributed by atoms with Gasteiger partial charge in [-0.15, -0.1) is 0 Å². The van der Waals surface area contributed by atoms with E-state index in [0.29, 0.717) is 16.3 Å². The van der Waals surface area contributed by atoms with E-state index in [-0.39, 0.29) is 0 Å². The molecule has 2 aromatic rings. The quantitative estimate of drug-likeness (QED) is 0.776. The number of rotatable bonds is 3. The van der Waals surface area contributed by atoms with Crippen LogP contribution in [0.2, 0.25) is 5.02 Å². The van der Waals surface area contributed by atoms with Gasteiger partial charge in [0.25, 0.3) is 0 Å². The van der Waals surface area contributed by atoms with Gasteiger partial charge in [-0.1, -0.05) is 17.7 Å². The molecule has 2 aromatic carbocycles. The van der Waals surface area contributed by atoms with E-state index in [9.17, 15) is 4.79 Å². The van der Waals surface area contributed by atoms with Gasteiger partial charge in [-0.05, 0) is 53.9 Å². The van der Waals surface area contributed by atoms with Crippen LogP contribution >= 0.6 is 11.6 Å². The monoisotopic (exact) mass is 260 g/mol. The summed E-state index contributed by atoms with van der Waals surface area (Å²) in [6.45, 7) is 1.97. The Hall–Kier alpha value is -1.80. The smallest absolute Gasteiger partial charge is 0.150 e. The number of ether oxygens (including phenoxy) is 1. The number of carbonyl (C=O) groups excluding carboxylic acids is 1. The van der Waals surface area contributed by atoms with Gasteiger partial charge in [0.1, 0.15) is 5.75 Å². The fourth-order valence-electron chi connectivity index (χ4n) is 1.94. The summed E-state index contributed by atoms with van der Waals surface area (Å²) < 4.78 is 5.12. The molecule has 0 radical (unpaired) electrons. The van der Waals surface area contributed by atoms with E-state index in [2.05, 4.69) is 0 Å². The molecule has 18 heavy (non-hydrogen) atoms. The molecule has 0 N–H and O–H groups in total. The number of benzene rings is 2. The van der Waals surface area contributed by atoms with Crippen LogP contribution in [0.4, 0.5) is 0 Å². The largest absolute Gasteiger partial charge is 0.497 e. The highest BCUT2D eigenvalue weighted by molar-refractivity contribution is 6.30. The summed E-state index contributed by atoms with van der Waals surface area (Å²) in [5, 5.41) is 0.692. The van der Waals surface area contributed by atoms with Gasteiger partial charge < -0.3 is 4.74 Å². The molecule has 0 saturated carbocycles. The van der Waals surface area contributed by atoms with Crippen molar-refractivity contribution in [3.05, 3.63) is 52.5 Å². The Balaban J connectivity index is 2.59. The van der Waals surface area contributed by atoms with Crippen LogP contribution in [0.3, 0.4) is 0 Å². The lowest BCUT2D eigenvalue weighted by atomic mass is 9.96. The third kappa shape index (κ3) is 2.39. The zero-order valence-electron chi connectivity index (χ0n) is 10.2. The van der Waals surface area contributed by atoms with Crippen molar-refractivity contribution in [1.29, 1.82) is 0 Å². The lowest BCUT2D eigenvalue weighted by Gasteiger charge is -2.10. The van der Waals surface area contributed by atoms with Crippen LogP contribution in [0, 0.1) is 6.92 Å². The summed E-state index contributed by atoms with van der Waals surface area (Å²) in [4.78, 5) is 11.2. The first kappa shape index (κ1) is 12.7. The molecule has 0 bridgehead atoms. The Morgan fingerprint density at radius 1 is 1.11 bits per heavy atom. The van der Waals surface area contributed by atoms with Crippen LogP contribution in [0.5, 0.6) is 5.75 Å². The van der Waals surface area contributed by atoms with Crippen LogP contribution in [0.1, 0.15) is 15.9 Å². The Morgan fingerprint density at radius 2 is 1.83 bits per heavy atom. The van der Waals surface area contributed by atoms with E-state index >= 15 is 0 Å². The molecule has 0 amide bonds. The van der Waals surface area contributed by atoms with Gasteiger partial charge in [-0.25, -0.2) is 0 Å². The van der Waals surface area contributed by atoms with Crippen LogP contribution in [0.15, 0.2) is 36.4 Å². The first-order valence-electron chi connectivity index (χ1n) is 5.55. The maximum Gasteiger partial charge on any atom is 0.150 e. The number of carbonyl (C=O) groups is 1. The standard InChI is InChI=1S/C15H13ClO2/c1-10-7-12(16)3-5-14(10)15-6-4-13(18-2)8-11(15)9-17/h3-9H,1-2H3. The Morgan fingerprint density at radius 3 is 2.44 bits per heavy atom. The molecule has 0 spiro atoms. The summed E-state index contributed by atoms with van der Waals surface area (Å²) in [6.07, 6.45) is 0.839. The number of aldehydes is 1. The maximum absolute atomic E-state index is 11.2. The minimum Gasteiger partial charge on any atom is -0.497 e. The van der Waals surface area contributed by atoms with E-state index in [1.807, 2.05) is 37.3 Å². The summed E-state index contributed by atoms with van der Waals surface area (Å²) in [5.41, 5.74) is 3.54. The number of hydrogen-bond acceptors (Lipinski definition) is 2. The normalized spacial score (nSPS) is 10.2. The molecule has 2 rings (SSSR count). The van der Waals surface area contributed by atoms with E-state index in [4.69, 9.17) is 16.3 Å². The van der Waals surface area contributed by atoms with Crippen molar-refractivity contribution >= 4 is 17.9 Å². The molecule has 92 valence electrons. The highest BCUT2D eigenvalue weighted by Crippen LogP contribution is 2.30. The zero-order valence-corrected chi connectivity index (χ0v) is 11.0. The first-order chi connectivity index (χ1) is 8.65. The molecule has 0 heterocycles. The van der Waals surface area contributed by atoms with Crippen LogP contribution in [-0.2, 0) is 0 Å². The van der Waals surface area contributed by atoms with Crippen molar-refractivity contribution in [2.45, 2.75) is 6.92 Å². The number of aryl methyl sites for hydroxylation is 1. The molecule has 3 heteroatoms. The second-order valence-corrected chi connectivity index (χ2v) is 4.47. The number of hydrogen-bond donors (Lipinski definition) is 0. The number of halogens is 1. The minimum atomic E-state index is 0.611. The lowest BCUT2D eigenvalue weighted by molar-refractivity contribution is 0.112. The van der Waals surface area contributed by atoms with Crippen LogP contribution in [0.25, 0.3) is 11.1 Å². The van der Waals surface area contributed by atoms with Gasteiger partial charge >= 0.3 is 0 Å². The predicted molar refractivity (Wildman–Crippen MR) is 73.6 cm³/mol. The van der Waals surface area contributed by atoms with Crippen molar-refractivity contribution in [3.63, 3.8) is 0 Å². The highest BCUT2D eigenvalue weighted by atomic mass is 35.5. The first-order valence-corrected chi connectivity index (χ1v) is 5.93. The maximum atomic E-state index is 11.2. The molecule has 0 aliphatic heterocycles. The van der Waals surface area contributed by atoms with E-state index in [0.717, 1.165) is 23.0 Å². The number of methoxy groups -OCH3 is 1. The second kappa shape index (κ2) is 5.23. The summed E-state index contributed by atoms with van der Waals surface area (Å²) >= 11 is 5.94. The van der Waals surface area contributed by atoms with Crippen LogP contribution in [-0.4, -0.2) is 13.4 Å². The molecule has 0 aliphatic rings. The SMILES string of the molecule is COc1ccc(-c2ccc(Cl)cc2C)c(C=O)c1. The second-order valence-electron chi connectivity index (χ2n) is 4.03. The molecular formula is C15H13ClO2. The Labute approximate surface area is 111 Å². The molecule has 0 aliphatic carbocycles. The van der Waals surface area contributed by atoms with Crippen molar-refractivity contribution in [2.75, 3.05) is 7.11 Å². The molecular weight excluding hydrogens is 248 g/mol. The fourth-order valence-corrected chi connectivity index (χ4v) is 2.17. The van der Waals surface area contributed by atoms with Gasteiger partial charge in [0, 0.05) is 10.6 Å². The van der Waals surface area contributed by atoms with E-state index in [1.165, 1.54) is 0 Å². The third-order valence-corrected chi connectivity index (χ3v) is 3.10. The predicted octanol–water partition coefficient (Wildman–Crippen LogP) is 4.14. The third-order valence-electron chi connectivity index (χ3n) is 2.86. The van der Waals surface area contributed by atoms with E-state index in [1.54, 1.807) is 13.2 Å². The lowest BCUT2D eigenvalue weighted by Crippen LogP contribution is -1.92. The van der Waals surface area contributed by atoms with Gasteiger partial charge in [0.2, 0.25) is 0 Å². The van der Waals surface area contributed by atoms with Gasteiger partial charge in [-0.2, -0.15) is 0 Å². The highest BCUT2D eigenvalue weighted by Gasteiger charge is 2.08. The van der Waals surface area contributed by atoms with E-state index < -0.39 is 0 Å². The van der Waals surface area contributed by atoms with Gasteiger partial charge in [0.05, 0.1) is 7.11 Å². The molecule has 2 nitrogen and oxygen atoms in total. The average Bonchev–Trinajstić information content (AvgIpc) is 2.38. The molecule has 0 atom stereocenters. The van der Waals surface area contributed by atoms with Crippen molar-refractivity contribution in [1.82, 2.24) is 0 Å². The Kier molecular flexibility index (Phi) is 3.68. The zero-order chi connectivity index (χ0) is 13.1. The Bertz CT molecular complexity index is 591. The van der Waals surface area contributed by atoms with Crippen LogP contribution < -0.4 is 4.74 Å². The summed E-state index contributed by atoms with van der Waals surface area (Å²) in [7, 11) is 1.58. The fraction of sp³-hybridized carbons (Fsp3) is 0.133. The molecule has 0 unspecified atom stereocenters. The molecule has 0 aromatic heterocycles. The minimum absolute atomic E-state index is 0.611. The van der Waals surface area contributed by atoms with Gasteiger partial charge in [0.15, 0.2) is 6.29 Å². The average molecular weight is 261 g/mol. The van der Waals surface area contributed by atoms with Gasteiger partial charge in [-0.3, -0.25) is 4.79 Å². The topological polar surface area (TPSA) is 26.3 Å². The van der Waals surface area contributed by atoms with Crippen molar-refractivity contribution < 1.29 is 9.53 Å². The van der Waals surface area contributed by atoms with Crippen molar-refractivity contribution in [3.8, 4) is 16.9 Å².